The number of imide groups is 1. The van der Waals surface area contributed by atoms with Gasteiger partial charge < -0.3 is 10.1 Å². The quantitative estimate of drug-likeness (QED) is 0.832. The largest absolute Gasteiger partial charge is 0.494 e. The SMILES string of the molecule is CC[C@]1(c2ccc(F)cc2)NC(=O)N(Cc2ccc(OC)c(F)c2)C1=O. The first-order chi connectivity index (χ1) is 12.4. The van der Waals surface area contributed by atoms with Crippen molar-refractivity contribution in [3.63, 3.8) is 0 Å². The van der Waals surface area contributed by atoms with Crippen LogP contribution in [-0.4, -0.2) is 23.9 Å². The smallest absolute Gasteiger partial charge is 0.325 e. The zero-order valence-electron chi connectivity index (χ0n) is 14.4. The van der Waals surface area contributed by atoms with Gasteiger partial charge in [0.1, 0.15) is 11.4 Å². The van der Waals surface area contributed by atoms with Crippen molar-refractivity contribution in [1.29, 1.82) is 0 Å². The van der Waals surface area contributed by atoms with E-state index < -0.39 is 29.1 Å². The molecule has 1 fully saturated rings. The van der Waals surface area contributed by atoms with Crippen LogP contribution in [0.5, 0.6) is 5.75 Å². The second-order valence-corrected chi connectivity index (χ2v) is 6.06. The van der Waals surface area contributed by atoms with Crippen molar-refractivity contribution in [2.24, 2.45) is 0 Å². The molecule has 0 saturated carbocycles. The van der Waals surface area contributed by atoms with Gasteiger partial charge in [-0.2, -0.15) is 0 Å². The minimum absolute atomic E-state index is 0.0749. The van der Waals surface area contributed by atoms with Crippen LogP contribution < -0.4 is 10.1 Å². The van der Waals surface area contributed by atoms with Crippen LogP contribution in [0, 0.1) is 11.6 Å². The molecule has 136 valence electrons. The van der Waals surface area contributed by atoms with Crippen LogP contribution in [0.2, 0.25) is 0 Å². The Hall–Kier alpha value is -2.96. The third-order valence-corrected chi connectivity index (χ3v) is 4.60. The highest BCUT2D eigenvalue weighted by Gasteiger charge is 2.51. The fourth-order valence-electron chi connectivity index (χ4n) is 3.13. The third kappa shape index (κ3) is 2.89. The number of carbonyl (C=O) groups excluding carboxylic acids is 2. The van der Waals surface area contributed by atoms with Crippen molar-refractivity contribution in [3.05, 3.63) is 65.2 Å². The molecular weight excluding hydrogens is 342 g/mol. The van der Waals surface area contributed by atoms with Gasteiger partial charge in [-0.1, -0.05) is 25.1 Å². The maximum atomic E-state index is 13.9. The molecule has 0 spiro atoms. The second kappa shape index (κ2) is 6.74. The molecule has 1 N–H and O–H groups in total. The van der Waals surface area contributed by atoms with Gasteiger partial charge in [0.15, 0.2) is 11.6 Å². The van der Waals surface area contributed by atoms with Gasteiger partial charge in [-0.25, -0.2) is 13.6 Å². The van der Waals surface area contributed by atoms with Crippen LogP contribution in [0.25, 0.3) is 0 Å². The fraction of sp³-hybridized carbons (Fsp3) is 0.263. The summed E-state index contributed by atoms with van der Waals surface area (Å²) in [4.78, 5) is 26.4. The molecule has 0 aromatic heterocycles. The number of amides is 3. The van der Waals surface area contributed by atoms with Gasteiger partial charge in [-0.3, -0.25) is 9.69 Å². The van der Waals surface area contributed by atoms with Crippen molar-refractivity contribution < 1.29 is 23.1 Å². The van der Waals surface area contributed by atoms with Gasteiger partial charge >= 0.3 is 6.03 Å². The standard InChI is InChI=1S/C19H18F2N2O3/c1-3-19(13-5-7-14(20)8-6-13)17(24)23(18(25)22-19)11-12-4-9-16(26-2)15(21)10-12/h4-10H,3,11H2,1-2H3,(H,22,25)/t19-/m1/s1. The van der Waals surface area contributed by atoms with Crippen molar-refractivity contribution in [1.82, 2.24) is 10.2 Å². The zero-order valence-corrected chi connectivity index (χ0v) is 14.4. The van der Waals surface area contributed by atoms with E-state index in [-0.39, 0.29) is 12.3 Å². The molecule has 5 nitrogen and oxygen atoms in total. The Morgan fingerprint density at radius 2 is 1.81 bits per heavy atom. The van der Waals surface area contributed by atoms with Crippen molar-refractivity contribution >= 4 is 11.9 Å². The first-order valence-corrected chi connectivity index (χ1v) is 8.14. The Kier molecular flexibility index (Phi) is 4.63. The van der Waals surface area contributed by atoms with Gasteiger partial charge in [0.05, 0.1) is 13.7 Å². The van der Waals surface area contributed by atoms with E-state index in [0.29, 0.717) is 17.5 Å². The first kappa shape index (κ1) is 17.8. The van der Waals surface area contributed by atoms with E-state index in [0.717, 1.165) is 4.90 Å². The summed E-state index contributed by atoms with van der Waals surface area (Å²) in [7, 11) is 1.35. The second-order valence-electron chi connectivity index (χ2n) is 6.06. The van der Waals surface area contributed by atoms with Crippen molar-refractivity contribution in [3.8, 4) is 5.75 Å². The Labute approximate surface area is 149 Å². The number of hydrogen-bond donors (Lipinski definition) is 1. The van der Waals surface area contributed by atoms with E-state index in [2.05, 4.69) is 5.32 Å². The van der Waals surface area contributed by atoms with Gasteiger partial charge in [-0.05, 0) is 41.8 Å². The highest BCUT2D eigenvalue weighted by Crippen LogP contribution is 2.33. The van der Waals surface area contributed by atoms with Gasteiger partial charge in [0, 0.05) is 0 Å². The van der Waals surface area contributed by atoms with Gasteiger partial charge in [0.2, 0.25) is 0 Å². The molecule has 0 radical (unpaired) electrons. The summed E-state index contributed by atoms with van der Waals surface area (Å²) in [6.45, 7) is 1.69. The van der Waals surface area contributed by atoms with E-state index in [1.807, 2.05) is 0 Å². The summed E-state index contributed by atoms with van der Waals surface area (Å²) >= 11 is 0. The number of halogens is 2. The lowest BCUT2D eigenvalue weighted by molar-refractivity contribution is -0.132. The maximum absolute atomic E-state index is 13.9. The molecule has 1 aliphatic heterocycles. The Balaban J connectivity index is 1.90. The van der Waals surface area contributed by atoms with Crippen LogP contribution in [-0.2, 0) is 16.9 Å². The first-order valence-electron chi connectivity index (χ1n) is 8.14. The Bertz CT molecular complexity index is 854. The lowest BCUT2D eigenvalue weighted by Crippen LogP contribution is -2.43. The zero-order chi connectivity index (χ0) is 18.9. The molecule has 0 unspecified atom stereocenters. The minimum Gasteiger partial charge on any atom is -0.494 e. The minimum atomic E-state index is -1.25. The van der Waals surface area contributed by atoms with Crippen LogP contribution in [0.4, 0.5) is 13.6 Å². The highest BCUT2D eigenvalue weighted by molar-refractivity contribution is 6.07. The number of nitrogens with zero attached hydrogens (tertiary/aromatic N) is 1. The van der Waals surface area contributed by atoms with E-state index in [4.69, 9.17) is 4.74 Å². The molecule has 1 atom stereocenters. The summed E-state index contributed by atoms with van der Waals surface area (Å²) in [5.41, 5.74) is -0.295. The van der Waals surface area contributed by atoms with Gasteiger partial charge in [-0.15, -0.1) is 0 Å². The Morgan fingerprint density at radius 1 is 1.12 bits per heavy atom. The molecule has 1 aliphatic rings. The molecule has 1 heterocycles. The number of ether oxygens (including phenoxy) is 1. The summed E-state index contributed by atoms with van der Waals surface area (Å²) < 4.78 is 32.0. The predicted octanol–water partition coefficient (Wildman–Crippen LogP) is 3.33. The van der Waals surface area contributed by atoms with Crippen LogP contribution in [0.3, 0.4) is 0 Å². The Morgan fingerprint density at radius 3 is 2.38 bits per heavy atom. The molecule has 2 aromatic carbocycles. The van der Waals surface area contributed by atoms with Gasteiger partial charge in [0.25, 0.3) is 5.91 Å². The summed E-state index contributed by atoms with van der Waals surface area (Å²) in [5, 5.41) is 2.71. The fourth-order valence-corrected chi connectivity index (χ4v) is 3.13. The number of hydrogen-bond acceptors (Lipinski definition) is 3. The summed E-state index contributed by atoms with van der Waals surface area (Å²) in [6, 6.07) is 9.13. The maximum Gasteiger partial charge on any atom is 0.325 e. The lowest BCUT2D eigenvalue weighted by atomic mass is 9.87. The highest BCUT2D eigenvalue weighted by atomic mass is 19.1. The number of methoxy groups -OCH3 is 1. The molecule has 2 aromatic rings. The molecule has 3 rings (SSSR count). The molecule has 0 aliphatic carbocycles. The number of carbonyl (C=O) groups is 2. The number of urea groups is 1. The van der Waals surface area contributed by atoms with Crippen LogP contribution in [0.1, 0.15) is 24.5 Å². The average Bonchev–Trinajstić information content (AvgIpc) is 2.87. The van der Waals surface area contributed by atoms with E-state index >= 15 is 0 Å². The molecular formula is C19H18F2N2O3. The third-order valence-electron chi connectivity index (χ3n) is 4.60. The lowest BCUT2D eigenvalue weighted by Gasteiger charge is -2.25. The summed E-state index contributed by atoms with van der Waals surface area (Å²) in [5.74, 6) is -1.37. The normalized spacial score (nSPS) is 19.6. The number of rotatable bonds is 5. The van der Waals surface area contributed by atoms with E-state index in [1.165, 1.54) is 43.5 Å². The van der Waals surface area contributed by atoms with Crippen LogP contribution >= 0.6 is 0 Å². The van der Waals surface area contributed by atoms with E-state index in [1.54, 1.807) is 13.0 Å². The van der Waals surface area contributed by atoms with E-state index in [9.17, 15) is 18.4 Å². The molecule has 1 saturated heterocycles. The topological polar surface area (TPSA) is 58.6 Å². The van der Waals surface area contributed by atoms with Crippen LogP contribution in [0.15, 0.2) is 42.5 Å². The molecule has 3 amide bonds. The van der Waals surface area contributed by atoms with Crippen molar-refractivity contribution in [2.45, 2.75) is 25.4 Å². The monoisotopic (exact) mass is 360 g/mol. The number of benzene rings is 2. The molecule has 26 heavy (non-hydrogen) atoms. The average molecular weight is 360 g/mol. The molecule has 0 bridgehead atoms. The molecule has 7 heteroatoms. The number of nitrogens with one attached hydrogen (secondary N) is 1. The summed E-state index contributed by atoms with van der Waals surface area (Å²) in [6.07, 6.45) is 0.302. The van der Waals surface area contributed by atoms with Crippen molar-refractivity contribution in [2.75, 3.05) is 7.11 Å². The predicted molar refractivity (Wildman–Crippen MR) is 90.4 cm³/mol.